The summed E-state index contributed by atoms with van der Waals surface area (Å²) < 4.78 is 5.50. The van der Waals surface area contributed by atoms with Crippen molar-refractivity contribution in [1.29, 1.82) is 5.26 Å². The SMILES string of the molecule is Cc1cccc(C(=O)O)c1Oc1cc(C#N)ccn1. The van der Waals surface area contributed by atoms with Crippen molar-refractivity contribution in [3.05, 3.63) is 53.2 Å². The number of pyridine rings is 1. The average molecular weight is 254 g/mol. The Kier molecular flexibility index (Phi) is 3.44. The summed E-state index contributed by atoms with van der Waals surface area (Å²) in [5.74, 6) is -0.649. The maximum absolute atomic E-state index is 11.1. The number of aromatic nitrogens is 1. The predicted octanol–water partition coefficient (Wildman–Crippen LogP) is 2.75. The minimum Gasteiger partial charge on any atom is -0.478 e. The zero-order valence-electron chi connectivity index (χ0n) is 10.1. The molecule has 1 aromatic heterocycles. The highest BCUT2D eigenvalue weighted by Gasteiger charge is 2.14. The highest BCUT2D eigenvalue weighted by atomic mass is 16.5. The molecule has 0 saturated carbocycles. The molecule has 19 heavy (non-hydrogen) atoms. The molecule has 5 heteroatoms. The van der Waals surface area contributed by atoms with E-state index in [4.69, 9.17) is 15.1 Å². The van der Waals surface area contributed by atoms with Crippen LogP contribution in [-0.4, -0.2) is 16.1 Å². The second-order valence-corrected chi connectivity index (χ2v) is 3.85. The van der Waals surface area contributed by atoms with Gasteiger partial charge in [-0.15, -0.1) is 0 Å². The van der Waals surface area contributed by atoms with E-state index in [0.29, 0.717) is 11.1 Å². The maximum atomic E-state index is 11.1. The van der Waals surface area contributed by atoms with Crippen molar-refractivity contribution in [3.63, 3.8) is 0 Å². The molecule has 1 heterocycles. The van der Waals surface area contributed by atoms with Crippen molar-refractivity contribution < 1.29 is 14.6 Å². The van der Waals surface area contributed by atoms with Crippen LogP contribution in [0.4, 0.5) is 0 Å². The molecule has 0 saturated heterocycles. The first-order chi connectivity index (χ1) is 9.11. The highest BCUT2D eigenvalue weighted by Crippen LogP contribution is 2.28. The van der Waals surface area contributed by atoms with E-state index < -0.39 is 5.97 Å². The molecule has 0 spiro atoms. The van der Waals surface area contributed by atoms with E-state index in [9.17, 15) is 4.79 Å². The molecule has 0 aliphatic rings. The van der Waals surface area contributed by atoms with Gasteiger partial charge in [0.15, 0.2) is 0 Å². The Morgan fingerprint density at radius 1 is 1.42 bits per heavy atom. The monoisotopic (exact) mass is 254 g/mol. The molecule has 2 rings (SSSR count). The van der Waals surface area contributed by atoms with Crippen molar-refractivity contribution in [2.24, 2.45) is 0 Å². The quantitative estimate of drug-likeness (QED) is 0.910. The van der Waals surface area contributed by atoms with Gasteiger partial charge >= 0.3 is 5.97 Å². The number of benzene rings is 1. The smallest absolute Gasteiger partial charge is 0.339 e. The van der Waals surface area contributed by atoms with Gasteiger partial charge in [0.05, 0.1) is 11.6 Å². The third kappa shape index (κ3) is 2.69. The van der Waals surface area contributed by atoms with Crippen LogP contribution >= 0.6 is 0 Å². The van der Waals surface area contributed by atoms with Crippen molar-refractivity contribution in [3.8, 4) is 17.7 Å². The number of nitrogens with zero attached hydrogens (tertiary/aromatic N) is 2. The fourth-order valence-electron chi connectivity index (χ4n) is 1.60. The number of para-hydroxylation sites is 1. The molecule has 1 aromatic carbocycles. The van der Waals surface area contributed by atoms with E-state index in [1.165, 1.54) is 18.3 Å². The summed E-state index contributed by atoms with van der Waals surface area (Å²) in [7, 11) is 0. The number of carbonyl (C=O) groups is 1. The van der Waals surface area contributed by atoms with Crippen molar-refractivity contribution in [1.82, 2.24) is 4.98 Å². The number of aryl methyl sites for hydroxylation is 1. The van der Waals surface area contributed by atoms with E-state index in [1.54, 1.807) is 25.1 Å². The lowest BCUT2D eigenvalue weighted by Crippen LogP contribution is -2.02. The van der Waals surface area contributed by atoms with Crippen LogP contribution in [0.15, 0.2) is 36.5 Å². The van der Waals surface area contributed by atoms with Crippen LogP contribution in [-0.2, 0) is 0 Å². The third-order valence-electron chi connectivity index (χ3n) is 2.51. The number of carboxylic acid groups (broad SMARTS) is 1. The first-order valence-corrected chi connectivity index (χ1v) is 5.48. The van der Waals surface area contributed by atoms with Crippen LogP contribution in [0.25, 0.3) is 0 Å². The number of hydrogen-bond acceptors (Lipinski definition) is 4. The molecule has 94 valence electrons. The van der Waals surface area contributed by atoms with Gasteiger partial charge < -0.3 is 9.84 Å². The van der Waals surface area contributed by atoms with Gasteiger partial charge in [0, 0.05) is 12.3 Å². The van der Waals surface area contributed by atoms with Crippen LogP contribution in [0.2, 0.25) is 0 Å². The summed E-state index contributed by atoms with van der Waals surface area (Å²) in [4.78, 5) is 15.1. The summed E-state index contributed by atoms with van der Waals surface area (Å²) in [5.41, 5.74) is 1.14. The van der Waals surface area contributed by atoms with Gasteiger partial charge in [-0.3, -0.25) is 0 Å². The third-order valence-corrected chi connectivity index (χ3v) is 2.51. The van der Waals surface area contributed by atoms with Gasteiger partial charge in [0.2, 0.25) is 5.88 Å². The Morgan fingerprint density at radius 3 is 2.89 bits per heavy atom. The molecule has 0 fully saturated rings. The number of carboxylic acids is 1. The molecule has 0 atom stereocenters. The summed E-state index contributed by atoms with van der Waals surface area (Å²) >= 11 is 0. The Morgan fingerprint density at radius 2 is 2.21 bits per heavy atom. The van der Waals surface area contributed by atoms with Gasteiger partial charge in [0.1, 0.15) is 11.3 Å². The largest absolute Gasteiger partial charge is 0.478 e. The molecule has 0 radical (unpaired) electrons. The molecule has 5 nitrogen and oxygen atoms in total. The van der Waals surface area contributed by atoms with Gasteiger partial charge in [-0.25, -0.2) is 9.78 Å². The van der Waals surface area contributed by atoms with E-state index in [2.05, 4.69) is 4.98 Å². The van der Waals surface area contributed by atoms with Crippen molar-refractivity contribution in [2.45, 2.75) is 6.92 Å². The van der Waals surface area contributed by atoms with Crippen LogP contribution in [0.1, 0.15) is 21.5 Å². The Hall–Kier alpha value is -2.87. The lowest BCUT2D eigenvalue weighted by Gasteiger charge is -2.10. The number of nitriles is 1. The van der Waals surface area contributed by atoms with Gasteiger partial charge in [-0.1, -0.05) is 12.1 Å². The molecule has 0 unspecified atom stereocenters. The molecule has 0 aliphatic carbocycles. The van der Waals surface area contributed by atoms with Crippen molar-refractivity contribution >= 4 is 5.97 Å². The standard InChI is InChI=1S/C14H10N2O3/c1-9-3-2-4-11(14(17)18)13(9)19-12-7-10(8-15)5-6-16-12/h2-7H,1H3,(H,17,18). The average Bonchev–Trinajstić information content (AvgIpc) is 2.41. The fraction of sp³-hybridized carbons (Fsp3) is 0.0714. The molecule has 1 N–H and O–H groups in total. The zero-order chi connectivity index (χ0) is 13.8. The second-order valence-electron chi connectivity index (χ2n) is 3.85. The molecule has 0 amide bonds. The first kappa shape index (κ1) is 12.6. The van der Waals surface area contributed by atoms with E-state index >= 15 is 0 Å². The second kappa shape index (κ2) is 5.19. The van der Waals surface area contributed by atoms with Gasteiger partial charge in [0.25, 0.3) is 0 Å². The summed E-state index contributed by atoms with van der Waals surface area (Å²) in [6.45, 7) is 1.75. The Labute approximate surface area is 109 Å². The zero-order valence-corrected chi connectivity index (χ0v) is 10.1. The summed E-state index contributed by atoms with van der Waals surface area (Å²) in [6.07, 6.45) is 1.44. The van der Waals surface area contributed by atoms with E-state index in [-0.39, 0.29) is 17.2 Å². The lowest BCUT2D eigenvalue weighted by atomic mass is 10.1. The topological polar surface area (TPSA) is 83.2 Å². The predicted molar refractivity (Wildman–Crippen MR) is 67.2 cm³/mol. The molecular formula is C14H10N2O3. The Balaban J connectivity index is 2.43. The minimum absolute atomic E-state index is 0.0594. The van der Waals surface area contributed by atoms with Crippen LogP contribution in [0.5, 0.6) is 11.6 Å². The molecule has 2 aromatic rings. The van der Waals surface area contributed by atoms with E-state index in [1.807, 2.05) is 6.07 Å². The van der Waals surface area contributed by atoms with Crippen LogP contribution in [0.3, 0.4) is 0 Å². The maximum Gasteiger partial charge on any atom is 0.339 e. The van der Waals surface area contributed by atoms with Gasteiger partial charge in [-0.2, -0.15) is 5.26 Å². The first-order valence-electron chi connectivity index (χ1n) is 5.48. The van der Waals surface area contributed by atoms with Crippen molar-refractivity contribution in [2.75, 3.05) is 0 Å². The number of ether oxygens (including phenoxy) is 1. The number of hydrogen-bond donors (Lipinski definition) is 1. The molecular weight excluding hydrogens is 244 g/mol. The normalized spacial score (nSPS) is 9.68. The molecule has 0 bridgehead atoms. The van der Waals surface area contributed by atoms with E-state index in [0.717, 1.165) is 0 Å². The lowest BCUT2D eigenvalue weighted by molar-refractivity contribution is 0.0694. The summed E-state index contributed by atoms with van der Waals surface area (Å²) in [5, 5.41) is 17.9. The highest BCUT2D eigenvalue weighted by molar-refractivity contribution is 5.91. The molecule has 0 aliphatic heterocycles. The minimum atomic E-state index is -1.07. The summed E-state index contributed by atoms with van der Waals surface area (Å²) in [6, 6.07) is 9.82. The van der Waals surface area contributed by atoms with Gasteiger partial charge in [-0.05, 0) is 24.6 Å². The fourth-order valence-corrected chi connectivity index (χ4v) is 1.60. The van der Waals surface area contributed by atoms with Crippen LogP contribution < -0.4 is 4.74 Å². The number of aromatic carboxylic acids is 1. The Bertz CT molecular complexity index is 675. The van der Waals surface area contributed by atoms with Crippen LogP contribution in [0, 0.1) is 18.3 Å². The number of rotatable bonds is 3.